The molecule has 0 radical (unpaired) electrons. The van der Waals surface area contributed by atoms with Crippen molar-refractivity contribution >= 4 is 5.91 Å². The molecule has 2 aromatic rings. The average molecular weight is 372 g/mol. The van der Waals surface area contributed by atoms with Crippen molar-refractivity contribution in [2.75, 3.05) is 26.7 Å². The third-order valence-electron chi connectivity index (χ3n) is 5.66. The molecule has 6 heteroatoms. The van der Waals surface area contributed by atoms with Gasteiger partial charge in [0.15, 0.2) is 0 Å². The molecule has 0 unspecified atom stereocenters. The van der Waals surface area contributed by atoms with Crippen molar-refractivity contribution in [3.63, 3.8) is 0 Å². The van der Waals surface area contributed by atoms with Gasteiger partial charge in [-0.1, -0.05) is 42.5 Å². The number of benzene rings is 2. The van der Waals surface area contributed by atoms with Gasteiger partial charge < -0.3 is 9.64 Å². The van der Waals surface area contributed by atoms with Gasteiger partial charge in [-0.15, -0.1) is 0 Å². The van der Waals surface area contributed by atoms with E-state index in [1.807, 2.05) is 18.2 Å². The van der Waals surface area contributed by atoms with Crippen LogP contribution in [0.1, 0.15) is 22.0 Å². The molecule has 0 aliphatic carbocycles. The van der Waals surface area contributed by atoms with Crippen LogP contribution in [0.15, 0.2) is 54.6 Å². The molecule has 1 amide bonds. The van der Waals surface area contributed by atoms with Crippen LogP contribution in [0.4, 0.5) is 8.78 Å². The highest BCUT2D eigenvalue weighted by atomic mass is 19.3. The summed E-state index contributed by atoms with van der Waals surface area (Å²) in [7, 11) is 2.12. The molecule has 2 heterocycles. The van der Waals surface area contributed by atoms with Gasteiger partial charge in [0.05, 0.1) is 5.56 Å². The van der Waals surface area contributed by atoms with Gasteiger partial charge in [-0.3, -0.25) is 9.69 Å². The van der Waals surface area contributed by atoms with Crippen LogP contribution < -0.4 is 4.74 Å². The summed E-state index contributed by atoms with van der Waals surface area (Å²) in [5.41, 5.74) is 1.45. The van der Waals surface area contributed by atoms with E-state index in [-0.39, 0.29) is 23.3 Å². The fourth-order valence-corrected chi connectivity index (χ4v) is 4.59. The van der Waals surface area contributed by atoms with Gasteiger partial charge in [-0.2, -0.15) is 8.78 Å². The number of ether oxygens (including phenoxy) is 1. The van der Waals surface area contributed by atoms with E-state index in [0.29, 0.717) is 24.9 Å². The van der Waals surface area contributed by atoms with E-state index in [9.17, 15) is 13.6 Å². The molecule has 27 heavy (non-hydrogen) atoms. The van der Waals surface area contributed by atoms with Crippen molar-refractivity contribution in [2.45, 2.75) is 12.7 Å². The number of carbonyl (C=O) groups excluding carboxylic acids is 1. The quantitative estimate of drug-likeness (QED) is 0.821. The molecule has 4 rings (SSSR count). The summed E-state index contributed by atoms with van der Waals surface area (Å²) in [6.07, 6.45) is 0. The maximum Gasteiger partial charge on any atom is 0.387 e. The van der Waals surface area contributed by atoms with E-state index in [1.165, 1.54) is 11.6 Å². The Kier molecular flexibility index (Phi) is 4.83. The van der Waals surface area contributed by atoms with Crippen LogP contribution in [0.3, 0.4) is 0 Å². The van der Waals surface area contributed by atoms with E-state index in [2.05, 4.69) is 28.8 Å². The van der Waals surface area contributed by atoms with Crippen molar-refractivity contribution in [3.05, 3.63) is 65.7 Å². The highest BCUT2D eigenvalue weighted by molar-refractivity contribution is 5.97. The van der Waals surface area contributed by atoms with Gasteiger partial charge in [0.25, 0.3) is 5.91 Å². The normalized spacial score (nSPS) is 25.0. The SMILES string of the molecule is CN1C[C@H]2CN(C(=O)c3ccccc3OC(F)F)C[C@H]2[C@@H]1c1ccccc1. The molecule has 2 aliphatic rings. The van der Waals surface area contributed by atoms with Crippen LogP contribution in [0.25, 0.3) is 0 Å². The largest absolute Gasteiger partial charge is 0.434 e. The molecule has 2 saturated heterocycles. The zero-order valence-corrected chi connectivity index (χ0v) is 15.1. The number of amides is 1. The van der Waals surface area contributed by atoms with Crippen LogP contribution in [-0.4, -0.2) is 49.0 Å². The van der Waals surface area contributed by atoms with Crippen LogP contribution >= 0.6 is 0 Å². The Morgan fingerprint density at radius 1 is 1.04 bits per heavy atom. The predicted octanol–water partition coefficient (Wildman–Crippen LogP) is 3.66. The van der Waals surface area contributed by atoms with Crippen LogP contribution in [0.2, 0.25) is 0 Å². The number of hydrogen-bond donors (Lipinski definition) is 0. The van der Waals surface area contributed by atoms with Crippen molar-refractivity contribution in [1.29, 1.82) is 0 Å². The summed E-state index contributed by atoms with van der Waals surface area (Å²) in [4.78, 5) is 17.1. The summed E-state index contributed by atoms with van der Waals surface area (Å²) in [5, 5.41) is 0. The van der Waals surface area contributed by atoms with E-state index < -0.39 is 6.61 Å². The first-order valence-corrected chi connectivity index (χ1v) is 9.13. The molecule has 0 spiro atoms. The van der Waals surface area contributed by atoms with Crippen molar-refractivity contribution < 1.29 is 18.3 Å². The molecule has 2 fully saturated rings. The van der Waals surface area contributed by atoms with E-state index in [1.54, 1.807) is 23.1 Å². The Balaban J connectivity index is 1.54. The fourth-order valence-electron chi connectivity index (χ4n) is 4.59. The Bertz CT molecular complexity index is 815. The minimum Gasteiger partial charge on any atom is -0.434 e. The van der Waals surface area contributed by atoms with Crippen molar-refractivity contribution in [2.24, 2.45) is 11.8 Å². The number of alkyl halides is 2. The summed E-state index contributed by atoms with van der Waals surface area (Å²) in [5.74, 6) is 0.415. The number of nitrogens with zero attached hydrogens (tertiary/aromatic N) is 2. The summed E-state index contributed by atoms with van der Waals surface area (Å²) < 4.78 is 29.9. The first-order valence-electron chi connectivity index (χ1n) is 9.13. The van der Waals surface area contributed by atoms with E-state index >= 15 is 0 Å². The topological polar surface area (TPSA) is 32.8 Å². The Labute approximate surface area is 157 Å². The molecule has 0 N–H and O–H groups in total. The number of halogens is 2. The second-order valence-electron chi connectivity index (χ2n) is 7.30. The highest BCUT2D eigenvalue weighted by Gasteiger charge is 2.47. The maximum absolute atomic E-state index is 13.0. The summed E-state index contributed by atoms with van der Waals surface area (Å²) in [6, 6.07) is 16.8. The van der Waals surface area contributed by atoms with Crippen molar-refractivity contribution in [1.82, 2.24) is 9.80 Å². The molecular formula is C21H22F2N2O2. The van der Waals surface area contributed by atoms with Gasteiger partial charge in [-0.25, -0.2) is 0 Å². The van der Waals surface area contributed by atoms with Crippen LogP contribution in [0.5, 0.6) is 5.75 Å². The van der Waals surface area contributed by atoms with Crippen LogP contribution in [-0.2, 0) is 0 Å². The lowest BCUT2D eigenvalue weighted by molar-refractivity contribution is -0.0502. The summed E-state index contributed by atoms with van der Waals surface area (Å²) >= 11 is 0. The molecule has 142 valence electrons. The van der Waals surface area contributed by atoms with E-state index in [0.717, 1.165) is 6.54 Å². The number of carbonyl (C=O) groups is 1. The number of para-hydroxylation sites is 1. The lowest BCUT2D eigenvalue weighted by Crippen LogP contribution is -2.33. The Hall–Kier alpha value is -2.47. The number of hydrogen-bond acceptors (Lipinski definition) is 3. The first kappa shape index (κ1) is 17.9. The molecule has 3 atom stereocenters. The molecule has 0 aromatic heterocycles. The molecule has 2 aromatic carbocycles. The zero-order valence-electron chi connectivity index (χ0n) is 15.1. The standard InChI is InChI=1S/C21H22F2N2O2/c1-24-11-15-12-25(13-17(15)19(24)14-7-3-2-4-8-14)20(26)16-9-5-6-10-18(16)27-21(22)23/h2-10,15,17,19,21H,11-13H2,1H3/t15-,17+,19-/m0/s1. The van der Waals surface area contributed by atoms with Gasteiger partial charge in [-0.05, 0) is 30.7 Å². The minimum atomic E-state index is -2.95. The van der Waals surface area contributed by atoms with Gasteiger partial charge in [0, 0.05) is 31.6 Å². The molecule has 0 saturated carbocycles. The lowest BCUT2D eigenvalue weighted by atomic mass is 9.90. The average Bonchev–Trinajstić information content (AvgIpc) is 3.18. The predicted molar refractivity (Wildman–Crippen MR) is 97.8 cm³/mol. The second kappa shape index (κ2) is 7.27. The smallest absolute Gasteiger partial charge is 0.387 e. The second-order valence-corrected chi connectivity index (χ2v) is 7.30. The molecular weight excluding hydrogens is 350 g/mol. The zero-order chi connectivity index (χ0) is 19.0. The Morgan fingerprint density at radius 3 is 2.48 bits per heavy atom. The minimum absolute atomic E-state index is 0.0636. The third-order valence-corrected chi connectivity index (χ3v) is 5.66. The molecule has 2 aliphatic heterocycles. The molecule has 0 bridgehead atoms. The maximum atomic E-state index is 13.0. The molecule has 4 nitrogen and oxygen atoms in total. The number of fused-ring (bicyclic) bond motifs is 1. The third kappa shape index (κ3) is 3.41. The Morgan fingerprint density at radius 2 is 1.74 bits per heavy atom. The first-order chi connectivity index (χ1) is 13.0. The van der Waals surface area contributed by atoms with Gasteiger partial charge in [0.1, 0.15) is 5.75 Å². The summed E-state index contributed by atoms with van der Waals surface area (Å²) in [6.45, 7) is -0.771. The van der Waals surface area contributed by atoms with Crippen LogP contribution in [0, 0.1) is 11.8 Å². The van der Waals surface area contributed by atoms with E-state index in [4.69, 9.17) is 0 Å². The monoisotopic (exact) mass is 372 g/mol. The number of rotatable bonds is 4. The fraction of sp³-hybridized carbons (Fsp3) is 0.381. The van der Waals surface area contributed by atoms with Crippen molar-refractivity contribution in [3.8, 4) is 5.75 Å². The lowest BCUT2D eigenvalue weighted by Gasteiger charge is -2.27. The van der Waals surface area contributed by atoms with Gasteiger partial charge >= 0.3 is 6.61 Å². The number of likely N-dealkylation sites (tertiary alicyclic amines) is 2. The van der Waals surface area contributed by atoms with Gasteiger partial charge in [0.2, 0.25) is 0 Å². The highest BCUT2D eigenvalue weighted by Crippen LogP contribution is 2.44.